The second kappa shape index (κ2) is 5.40. The number of nitrogens with one attached hydrogen (secondary N) is 1. The van der Waals surface area contributed by atoms with Crippen molar-refractivity contribution in [2.24, 2.45) is 0 Å². The standard InChI is InChI=1S/C13H17N3O2S/c17-6-5-16(9-2-1-3-9)8-11-14-10-4-7-19-12(10)13(18)15-11/h4,7,9,17H,1-3,5-6,8H2,(H,14,15,18). The van der Waals surface area contributed by atoms with Crippen LogP contribution >= 0.6 is 11.3 Å². The van der Waals surface area contributed by atoms with E-state index < -0.39 is 0 Å². The molecule has 19 heavy (non-hydrogen) atoms. The lowest BCUT2D eigenvalue weighted by Crippen LogP contribution is -2.41. The summed E-state index contributed by atoms with van der Waals surface area (Å²) in [6.45, 7) is 1.38. The normalized spacial score (nSPS) is 16.1. The number of rotatable bonds is 5. The lowest BCUT2D eigenvalue weighted by molar-refractivity contribution is 0.0921. The van der Waals surface area contributed by atoms with Crippen molar-refractivity contribution in [1.82, 2.24) is 14.9 Å². The van der Waals surface area contributed by atoms with Crippen LogP contribution in [-0.2, 0) is 6.54 Å². The molecule has 5 nitrogen and oxygen atoms in total. The van der Waals surface area contributed by atoms with Gasteiger partial charge in [0, 0.05) is 12.6 Å². The Morgan fingerprint density at radius 1 is 1.53 bits per heavy atom. The summed E-state index contributed by atoms with van der Waals surface area (Å²) in [5, 5.41) is 11.0. The van der Waals surface area contributed by atoms with E-state index in [1.807, 2.05) is 11.4 Å². The van der Waals surface area contributed by atoms with Crippen LogP contribution in [0.2, 0.25) is 0 Å². The maximum Gasteiger partial charge on any atom is 0.268 e. The molecule has 0 atom stereocenters. The molecule has 2 N–H and O–H groups in total. The SMILES string of the molecule is O=c1[nH]c(CN(CCO)C2CCC2)nc2ccsc12. The molecule has 0 saturated heterocycles. The maximum absolute atomic E-state index is 11.9. The summed E-state index contributed by atoms with van der Waals surface area (Å²) in [5.74, 6) is 0.691. The predicted molar refractivity (Wildman–Crippen MR) is 75.4 cm³/mol. The Labute approximate surface area is 114 Å². The average molecular weight is 279 g/mol. The summed E-state index contributed by atoms with van der Waals surface area (Å²) in [7, 11) is 0. The molecule has 0 aliphatic heterocycles. The highest BCUT2D eigenvalue weighted by Crippen LogP contribution is 2.25. The number of hydrogen-bond acceptors (Lipinski definition) is 5. The van der Waals surface area contributed by atoms with Crippen molar-refractivity contribution in [2.75, 3.05) is 13.2 Å². The fourth-order valence-corrected chi connectivity index (χ4v) is 3.19. The molecule has 2 heterocycles. The van der Waals surface area contributed by atoms with E-state index in [0.717, 1.165) is 5.52 Å². The summed E-state index contributed by atoms with van der Waals surface area (Å²) < 4.78 is 0.682. The summed E-state index contributed by atoms with van der Waals surface area (Å²) >= 11 is 1.41. The monoisotopic (exact) mass is 279 g/mol. The Hall–Kier alpha value is -1.24. The molecule has 0 aromatic carbocycles. The highest BCUT2D eigenvalue weighted by Gasteiger charge is 2.25. The number of aromatic amines is 1. The van der Waals surface area contributed by atoms with E-state index in [9.17, 15) is 4.79 Å². The number of nitrogens with zero attached hydrogens (tertiary/aromatic N) is 2. The zero-order chi connectivity index (χ0) is 13.2. The number of fused-ring (bicyclic) bond motifs is 1. The number of aliphatic hydroxyl groups excluding tert-OH is 1. The van der Waals surface area contributed by atoms with E-state index in [2.05, 4.69) is 14.9 Å². The molecular formula is C13H17N3O2S. The van der Waals surface area contributed by atoms with Crippen molar-refractivity contribution in [3.8, 4) is 0 Å². The second-order valence-corrected chi connectivity index (χ2v) is 5.84. The van der Waals surface area contributed by atoms with Crippen molar-refractivity contribution >= 4 is 21.6 Å². The summed E-state index contributed by atoms with van der Waals surface area (Å²) in [4.78, 5) is 21.4. The lowest BCUT2D eigenvalue weighted by Gasteiger charge is -2.36. The van der Waals surface area contributed by atoms with Crippen LogP contribution in [0.5, 0.6) is 0 Å². The van der Waals surface area contributed by atoms with Gasteiger partial charge in [0.2, 0.25) is 0 Å². The van der Waals surface area contributed by atoms with Crippen molar-refractivity contribution in [3.63, 3.8) is 0 Å². The van der Waals surface area contributed by atoms with E-state index in [4.69, 9.17) is 5.11 Å². The topological polar surface area (TPSA) is 69.2 Å². The van der Waals surface area contributed by atoms with Crippen molar-refractivity contribution in [3.05, 3.63) is 27.6 Å². The van der Waals surface area contributed by atoms with Gasteiger partial charge in [-0.3, -0.25) is 9.69 Å². The zero-order valence-electron chi connectivity index (χ0n) is 10.6. The first-order chi connectivity index (χ1) is 9.28. The van der Waals surface area contributed by atoms with Gasteiger partial charge in [-0.15, -0.1) is 11.3 Å². The summed E-state index contributed by atoms with van der Waals surface area (Å²) in [6.07, 6.45) is 3.59. The zero-order valence-corrected chi connectivity index (χ0v) is 11.4. The van der Waals surface area contributed by atoms with Gasteiger partial charge >= 0.3 is 0 Å². The predicted octanol–water partition coefficient (Wildman–Crippen LogP) is 1.33. The highest BCUT2D eigenvalue weighted by atomic mass is 32.1. The molecule has 6 heteroatoms. The van der Waals surface area contributed by atoms with Gasteiger partial charge in [-0.25, -0.2) is 4.98 Å². The average Bonchev–Trinajstić information content (AvgIpc) is 2.75. The Balaban J connectivity index is 1.84. The minimum atomic E-state index is -0.0624. The molecule has 1 saturated carbocycles. The van der Waals surface area contributed by atoms with Crippen molar-refractivity contribution < 1.29 is 5.11 Å². The molecule has 2 aromatic rings. The third-order valence-electron chi connectivity index (χ3n) is 3.70. The van der Waals surface area contributed by atoms with Gasteiger partial charge in [0.05, 0.1) is 18.7 Å². The number of H-pyrrole nitrogens is 1. The van der Waals surface area contributed by atoms with Crippen LogP contribution in [0.15, 0.2) is 16.2 Å². The molecule has 2 aromatic heterocycles. The van der Waals surface area contributed by atoms with Crippen LogP contribution in [0.25, 0.3) is 10.2 Å². The van der Waals surface area contributed by atoms with Crippen molar-refractivity contribution in [2.45, 2.75) is 31.8 Å². The van der Waals surface area contributed by atoms with Crippen molar-refractivity contribution in [1.29, 1.82) is 0 Å². The Kier molecular flexibility index (Phi) is 3.63. The van der Waals surface area contributed by atoms with Crippen LogP contribution in [0, 0.1) is 0 Å². The number of thiophene rings is 1. The lowest BCUT2D eigenvalue weighted by atomic mass is 9.91. The number of aliphatic hydroxyl groups is 1. The summed E-state index contributed by atoms with van der Waals surface area (Å²) in [6, 6.07) is 2.40. The molecule has 3 rings (SSSR count). The minimum absolute atomic E-state index is 0.0624. The maximum atomic E-state index is 11.9. The largest absolute Gasteiger partial charge is 0.395 e. The summed E-state index contributed by atoms with van der Waals surface area (Å²) in [5.41, 5.74) is 0.703. The van der Waals surface area contributed by atoms with E-state index in [1.165, 1.54) is 30.6 Å². The van der Waals surface area contributed by atoms with Gasteiger partial charge in [-0.05, 0) is 24.3 Å². The van der Waals surface area contributed by atoms with Crippen LogP contribution in [0.3, 0.4) is 0 Å². The fraction of sp³-hybridized carbons (Fsp3) is 0.538. The molecule has 0 radical (unpaired) electrons. The molecule has 1 aliphatic carbocycles. The number of hydrogen-bond donors (Lipinski definition) is 2. The Morgan fingerprint density at radius 2 is 2.37 bits per heavy atom. The van der Waals surface area contributed by atoms with Crippen LogP contribution < -0.4 is 5.56 Å². The van der Waals surface area contributed by atoms with E-state index in [1.54, 1.807) is 0 Å². The van der Waals surface area contributed by atoms with Gasteiger partial charge in [0.15, 0.2) is 0 Å². The van der Waals surface area contributed by atoms with Gasteiger partial charge in [0.1, 0.15) is 10.5 Å². The molecule has 0 amide bonds. The quantitative estimate of drug-likeness (QED) is 0.866. The Morgan fingerprint density at radius 3 is 3.05 bits per heavy atom. The van der Waals surface area contributed by atoms with E-state index in [0.29, 0.717) is 29.7 Å². The molecule has 1 fully saturated rings. The molecule has 1 aliphatic rings. The molecular weight excluding hydrogens is 262 g/mol. The number of aromatic nitrogens is 2. The smallest absolute Gasteiger partial charge is 0.268 e. The fourth-order valence-electron chi connectivity index (χ4n) is 2.46. The first-order valence-electron chi connectivity index (χ1n) is 6.59. The molecule has 0 bridgehead atoms. The second-order valence-electron chi connectivity index (χ2n) is 4.93. The first-order valence-corrected chi connectivity index (χ1v) is 7.47. The van der Waals surface area contributed by atoms with Crippen LogP contribution in [0.4, 0.5) is 0 Å². The Bertz CT molecular complexity index is 618. The van der Waals surface area contributed by atoms with Gasteiger partial charge in [-0.2, -0.15) is 0 Å². The van der Waals surface area contributed by atoms with Crippen LogP contribution in [0.1, 0.15) is 25.1 Å². The molecule has 0 spiro atoms. The van der Waals surface area contributed by atoms with Gasteiger partial charge < -0.3 is 10.1 Å². The minimum Gasteiger partial charge on any atom is -0.395 e. The molecule has 0 unspecified atom stereocenters. The van der Waals surface area contributed by atoms with Gasteiger partial charge in [0.25, 0.3) is 5.56 Å². The van der Waals surface area contributed by atoms with E-state index in [-0.39, 0.29) is 12.2 Å². The van der Waals surface area contributed by atoms with Gasteiger partial charge in [-0.1, -0.05) is 6.42 Å². The third kappa shape index (κ3) is 2.56. The van der Waals surface area contributed by atoms with Crippen LogP contribution in [-0.4, -0.2) is 39.2 Å². The third-order valence-corrected chi connectivity index (χ3v) is 4.60. The van der Waals surface area contributed by atoms with E-state index >= 15 is 0 Å². The first kappa shape index (κ1) is 12.8. The highest BCUT2D eigenvalue weighted by molar-refractivity contribution is 7.17. The molecule has 102 valence electrons.